The quantitative estimate of drug-likeness (QED) is 0.895. The summed E-state index contributed by atoms with van der Waals surface area (Å²) in [6, 6.07) is 3.74. The molecule has 16 heavy (non-hydrogen) atoms. The zero-order chi connectivity index (χ0) is 11.5. The Balaban J connectivity index is 2.54. The molecule has 0 radical (unpaired) electrons. The second kappa shape index (κ2) is 4.63. The van der Waals surface area contributed by atoms with Crippen molar-refractivity contribution in [3.8, 4) is 11.3 Å². The number of rotatable bonds is 3. The van der Waals surface area contributed by atoms with E-state index in [2.05, 4.69) is 14.9 Å². The van der Waals surface area contributed by atoms with Crippen LogP contribution in [0, 0.1) is 11.6 Å². The first kappa shape index (κ1) is 11.1. The topological polar surface area (TPSA) is 37.8 Å². The summed E-state index contributed by atoms with van der Waals surface area (Å²) in [5.74, 6) is -1.24. The van der Waals surface area contributed by atoms with E-state index in [0.717, 1.165) is 11.5 Å². The standard InChI is InChI=1S/C10H9F2N3S/c1-13-5-8-10(14-15-16-8)9-6(11)3-2-4-7(9)12/h2-4,13H,5H2,1H3. The highest BCUT2D eigenvalue weighted by Crippen LogP contribution is 2.28. The Kier molecular flexibility index (Phi) is 3.21. The molecule has 0 atom stereocenters. The van der Waals surface area contributed by atoms with Crippen molar-refractivity contribution in [1.29, 1.82) is 0 Å². The molecule has 1 N–H and O–H groups in total. The van der Waals surface area contributed by atoms with Crippen molar-refractivity contribution in [2.45, 2.75) is 6.54 Å². The van der Waals surface area contributed by atoms with Gasteiger partial charge in [0.1, 0.15) is 17.3 Å². The average Bonchev–Trinajstić information content (AvgIpc) is 2.67. The van der Waals surface area contributed by atoms with Crippen molar-refractivity contribution >= 4 is 11.5 Å². The molecule has 6 heteroatoms. The first-order chi connectivity index (χ1) is 7.74. The fourth-order valence-corrected chi connectivity index (χ4v) is 2.06. The van der Waals surface area contributed by atoms with Gasteiger partial charge in [-0.25, -0.2) is 8.78 Å². The summed E-state index contributed by atoms with van der Waals surface area (Å²) in [7, 11) is 1.75. The van der Waals surface area contributed by atoms with Crippen LogP contribution >= 0.6 is 11.5 Å². The van der Waals surface area contributed by atoms with Crippen molar-refractivity contribution in [1.82, 2.24) is 14.9 Å². The van der Waals surface area contributed by atoms with Gasteiger partial charge in [-0.2, -0.15) is 0 Å². The van der Waals surface area contributed by atoms with E-state index in [1.165, 1.54) is 18.2 Å². The first-order valence-electron chi connectivity index (χ1n) is 4.64. The molecule has 84 valence electrons. The fraction of sp³-hybridized carbons (Fsp3) is 0.200. The van der Waals surface area contributed by atoms with Crippen molar-refractivity contribution in [3.05, 3.63) is 34.7 Å². The van der Waals surface area contributed by atoms with Crippen molar-refractivity contribution < 1.29 is 8.78 Å². The Labute approximate surface area is 95.3 Å². The highest BCUT2D eigenvalue weighted by atomic mass is 32.1. The van der Waals surface area contributed by atoms with E-state index in [9.17, 15) is 8.78 Å². The van der Waals surface area contributed by atoms with E-state index in [4.69, 9.17) is 0 Å². The lowest BCUT2D eigenvalue weighted by Gasteiger charge is -2.03. The number of hydrogen-bond acceptors (Lipinski definition) is 4. The predicted molar refractivity (Wildman–Crippen MR) is 58.0 cm³/mol. The van der Waals surface area contributed by atoms with Gasteiger partial charge in [-0.1, -0.05) is 10.6 Å². The molecule has 0 unspecified atom stereocenters. The van der Waals surface area contributed by atoms with Gasteiger partial charge in [0.15, 0.2) is 0 Å². The van der Waals surface area contributed by atoms with Crippen LogP contribution in [0.3, 0.4) is 0 Å². The molecule has 0 saturated heterocycles. The molecule has 0 aliphatic heterocycles. The molecular formula is C10H9F2N3S. The Morgan fingerprint density at radius 2 is 2.00 bits per heavy atom. The van der Waals surface area contributed by atoms with Gasteiger partial charge >= 0.3 is 0 Å². The van der Waals surface area contributed by atoms with Crippen LogP contribution in [0.2, 0.25) is 0 Å². The van der Waals surface area contributed by atoms with Gasteiger partial charge in [0.05, 0.1) is 10.4 Å². The minimum Gasteiger partial charge on any atom is -0.315 e. The molecule has 0 fully saturated rings. The molecule has 0 saturated carbocycles. The lowest BCUT2D eigenvalue weighted by molar-refractivity contribution is 0.588. The van der Waals surface area contributed by atoms with Gasteiger partial charge in [0.25, 0.3) is 0 Å². The highest BCUT2D eigenvalue weighted by Gasteiger charge is 2.17. The summed E-state index contributed by atoms with van der Waals surface area (Å²) in [5, 5.41) is 6.68. The minimum atomic E-state index is -0.620. The molecule has 2 rings (SSSR count). The molecule has 0 aliphatic rings. The van der Waals surface area contributed by atoms with E-state index >= 15 is 0 Å². The molecule has 0 spiro atoms. The van der Waals surface area contributed by atoms with Crippen molar-refractivity contribution in [3.63, 3.8) is 0 Å². The molecule has 0 bridgehead atoms. The molecule has 1 aromatic heterocycles. The number of nitrogens with zero attached hydrogens (tertiary/aromatic N) is 2. The minimum absolute atomic E-state index is 0.110. The molecule has 1 aromatic carbocycles. The van der Waals surface area contributed by atoms with Gasteiger partial charge in [0, 0.05) is 6.54 Å². The van der Waals surface area contributed by atoms with E-state index in [-0.39, 0.29) is 11.3 Å². The number of nitrogens with one attached hydrogen (secondary N) is 1. The normalized spacial score (nSPS) is 10.7. The van der Waals surface area contributed by atoms with Gasteiger partial charge in [-0.3, -0.25) is 0 Å². The molecule has 3 nitrogen and oxygen atoms in total. The SMILES string of the molecule is CNCc1snnc1-c1c(F)cccc1F. The van der Waals surface area contributed by atoms with Crippen LogP contribution < -0.4 is 5.32 Å². The molecule has 0 aliphatic carbocycles. The lowest BCUT2D eigenvalue weighted by Crippen LogP contribution is -2.05. The zero-order valence-corrected chi connectivity index (χ0v) is 9.31. The second-order valence-corrected chi connectivity index (χ2v) is 4.01. The fourth-order valence-electron chi connectivity index (χ4n) is 1.40. The third-order valence-corrected chi connectivity index (χ3v) is 2.81. The summed E-state index contributed by atoms with van der Waals surface area (Å²) in [4.78, 5) is 0.714. The Morgan fingerprint density at radius 3 is 2.62 bits per heavy atom. The molecule has 0 amide bonds. The van der Waals surface area contributed by atoms with Crippen LogP contribution in [-0.4, -0.2) is 16.6 Å². The maximum absolute atomic E-state index is 13.5. The Morgan fingerprint density at radius 1 is 1.31 bits per heavy atom. The van der Waals surface area contributed by atoms with Crippen molar-refractivity contribution in [2.24, 2.45) is 0 Å². The molecular weight excluding hydrogens is 232 g/mol. The number of hydrogen-bond donors (Lipinski definition) is 1. The van der Waals surface area contributed by atoms with Crippen LogP contribution in [0.5, 0.6) is 0 Å². The lowest BCUT2D eigenvalue weighted by atomic mass is 10.1. The number of halogens is 2. The molecule has 1 heterocycles. The Bertz CT molecular complexity index is 478. The van der Waals surface area contributed by atoms with Crippen LogP contribution in [0.1, 0.15) is 4.88 Å². The van der Waals surface area contributed by atoms with Gasteiger partial charge < -0.3 is 5.32 Å². The summed E-state index contributed by atoms with van der Waals surface area (Å²) >= 11 is 1.13. The third-order valence-electron chi connectivity index (χ3n) is 2.09. The summed E-state index contributed by atoms with van der Waals surface area (Å²) in [6.07, 6.45) is 0. The van der Waals surface area contributed by atoms with Gasteiger partial charge in [-0.15, -0.1) is 5.10 Å². The van der Waals surface area contributed by atoms with Crippen molar-refractivity contribution in [2.75, 3.05) is 7.05 Å². The van der Waals surface area contributed by atoms with E-state index in [1.807, 2.05) is 0 Å². The Hall–Kier alpha value is -1.40. The maximum atomic E-state index is 13.5. The highest BCUT2D eigenvalue weighted by molar-refractivity contribution is 7.05. The summed E-state index contributed by atoms with van der Waals surface area (Å²) in [6.45, 7) is 0.487. The molecule has 2 aromatic rings. The average molecular weight is 241 g/mol. The maximum Gasteiger partial charge on any atom is 0.135 e. The van der Waals surface area contributed by atoms with Gasteiger partial charge in [0.2, 0.25) is 0 Å². The van der Waals surface area contributed by atoms with E-state index < -0.39 is 11.6 Å². The van der Waals surface area contributed by atoms with Crippen LogP contribution in [-0.2, 0) is 6.54 Å². The van der Waals surface area contributed by atoms with Gasteiger partial charge in [-0.05, 0) is 30.7 Å². The van der Waals surface area contributed by atoms with E-state index in [1.54, 1.807) is 7.05 Å². The van der Waals surface area contributed by atoms with Crippen LogP contribution in [0.25, 0.3) is 11.3 Å². The summed E-state index contributed by atoms with van der Waals surface area (Å²) in [5.41, 5.74) is 0.163. The predicted octanol–water partition coefficient (Wildman–Crippen LogP) is 2.20. The largest absolute Gasteiger partial charge is 0.315 e. The van der Waals surface area contributed by atoms with Crippen LogP contribution in [0.15, 0.2) is 18.2 Å². The first-order valence-corrected chi connectivity index (χ1v) is 5.41. The van der Waals surface area contributed by atoms with E-state index in [0.29, 0.717) is 11.4 Å². The van der Waals surface area contributed by atoms with Crippen LogP contribution in [0.4, 0.5) is 8.78 Å². The smallest absolute Gasteiger partial charge is 0.135 e. The second-order valence-electron chi connectivity index (χ2n) is 3.17. The summed E-state index contributed by atoms with van der Waals surface area (Å²) < 4.78 is 30.7. The number of benzene rings is 1. The number of aromatic nitrogens is 2. The third kappa shape index (κ3) is 1.94. The zero-order valence-electron chi connectivity index (χ0n) is 8.50. The monoisotopic (exact) mass is 241 g/mol.